The van der Waals surface area contributed by atoms with Crippen LogP contribution in [0.15, 0.2) is 18.2 Å². The molecular formula is C9H7BrN2O2S. The summed E-state index contributed by atoms with van der Waals surface area (Å²) in [7, 11) is 0. The molecule has 4 nitrogen and oxygen atoms in total. The molecule has 1 N–H and O–H groups in total. The minimum atomic E-state index is -0.826. The van der Waals surface area contributed by atoms with Gasteiger partial charge in [-0.1, -0.05) is 22.0 Å². The number of hydrogen-bond donors (Lipinski definition) is 1. The number of carboxylic acids is 1. The third-order valence-corrected chi connectivity index (χ3v) is 3.40. The Kier molecular flexibility index (Phi) is 2.97. The summed E-state index contributed by atoms with van der Waals surface area (Å²) in [5.74, 6) is -0.826. The zero-order chi connectivity index (χ0) is 10.8. The number of fused-ring (bicyclic) bond motifs is 1. The van der Waals surface area contributed by atoms with Gasteiger partial charge in [-0.3, -0.25) is 4.79 Å². The highest BCUT2D eigenvalue weighted by molar-refractivity contribution is 9.09. The normalized spacial score (nSPS) is 12.9. The van der Waals surface area contributed by atoms with E-state index in [1.54, 1.807) is 0 Å². The molecule has 0 aliphatic rings. The van der Waals surface area contributed by atoms with E-state index in [-0.39, 0.29) is 11.2 Å². The van der Waals surface area contributed by atoms with E-state index < -0.39 is 5.97 Å². The van der Waals surface area contributed by atoms with Crippen LogP contribution < -0.4 is 0 Å². The van der Waals surface area contributed by atoms with Crippen molar-refractivity contribution in [1.82, 2.24) is 8.75 Å². The molecular weight excluding hydrogens is 280 g/mol. The molecule has 0 saturated heterocycles. The van der Waals surface area contributed by atoms with Crippen molar-refractivity contribution in [3.05, 3.63) is 23.8 Å². The van der Waals surface area contributed by atoms with Crippen molar-refractivity contribution in [2.45, 2.75) is 11.2 Å². The highest BCUT2D eigenvalue weighted by atomic mass is 79.9. The number of carboxylic acid groups (broad SMARTS) is 1. The first kappa shape index (κ1) is 10.5. The number of aliphatic carboxylic acids is 1. The van der Waals surface area contributed by atoms with E-state index in [0.717, 1.165) is 28.3 Å². The maximum atomic E-state index is 10.5. The second kappa shape index (κ2) is 4.24. The molecule has 78 valence electrons. The lowest BCUT2D eigenvalue weighted by Crippen LogP contribution is -2.00. The average molecular weight is 287 g/mol. The number of halogens is 1. The van der Waals surface area contributed by atoms with Gasteiger partial charge in [-0.2, -0.15) is 8.75 Å². The van der Waals surface area contributed by atoms with Gasteiger partial charge < -0.3 is 5.11 Å². The molecule has 2 rings (SSSR count). The van der Waals surface area contributed by atoms with Gasteiger partial charge in [0.15, 0.2) is 0 Å². The van der Waals surface area contributed by atoms with E-state index in [0.29, 0.717) is 0 Å². The molecule has 1 aromatic carbocycles. The first-order valence-corrected chi connectivity index (χ1v) is 5.89. The number of nitrogens with zero attached hydrogens (tertiary/aromatic N) is 2. The second-order valence-corrected chi connectivity index (χ2v) is 4.71. The fourth-order valence-corrected chi connectivity index (χ4v) is 2.34. The second-order valence-electron chi connectivity index (χ2n) is 3.08. The van der Waals surface area contributed by atoms with Crippen LogP contribution in [0.3, 0.4) is 0 Å². The van der Waals surface area contributed by atoms with Crippen molar-refractivity contribution in [3.8, 4) is 0 Å². The Bertz CT molecular complexity index is 500. The van der Waals surface area contributed by atoms with E-state index >= 15 is 0 Å². The van der Waals surface area contributed by atoms with Crippen LogP contribution in [-0.4, -0.2) is 19.8 Å². The Hall–Kier alpha value is -1.01. The predicted molar refractivity (Wildman–Crippen MR) is 61.3 cm³/mol. The van der Waals surface area contributed by atoms with Gasteiger partial charge in [0.1, 0.15) is 11.0 Å². The minimum Gasteiger partial charge on any atom is -0.481 e. The van der Waals surface area contributed by atoms with Crippen molar-refractivity contribution in [1.29, 1.82) is 0 Å². The van der Waals surface area contributed by atoms with Crippen molar-refractivity contribution in [2.24, 2.45) is 0 Å². The quantitative estimate of drug-likeness (QED) is 0.881. The third-order valence-electron chi connectivity index (χ3n) is 1.99. The third kappa shape index (κ3) is 2.32. The first-order valence-electron chi connectivity index (χ1n) is 4.25. The van der Waals surface area contributed by atoms with Crippen LogP contribution in [0.1, 0.15) is 16.8 Å². The number of hydrogen-bond acceptors (Lipinski definition) is 4. The Balaban J connectivity index is 2.30. The Labute approximate surface area is 98.4 Å². The predicted octanol–water partition coefficient (Wildman–Crippen LogP) is 2.60. The summed E-state index contributed by atoms with van der Waals surface area (Å²) >= 11 is 4.49. The smallest absolute Gasteiger partial charge is 0.304 e. The zero-order valence-electron chi connectivity index (χ0n) is 7.55. The van der Waals surface area contributed by atoms with Crippen LogP contribution in [-0.2, 0) is 4.79 Å². The lowest BCUT2D eigenvalue weighted by Gasteiger charge is -2.06. The molecule has 0 bridgehead atoms. The summed E-state index contributed by atoms with van der Waals surface area (Å²) in [5, 5.41) is 8.66. The summed E-state index contributed by atoms with van der Waals surface area (Å²) in [5.41, 5.74) is 2.57. The Morgan fingerprint density at radius 2 is 2.20 bits per heavy atom. The van der Waals surface area contributed by atoms with E-state index in [4.69, 9.17) is 5.11 Å². The van der Waals surface area contributed by atoms with Gasteiger partial charge in [0.2, 0.25) is 0 Å². The number of rotatable bonds is 3. The average Bonchev–Trinajstić information content (AvgIpc) is 2.62. The number of benzene rings is 1. The van der Waals surface area contributed by atoms with Crippen molar-refractivity contribution < 1.29 is 9.90 Å². The molecule has 1 aromatic heterocycles. The maximum absolute atomic E-state index is 10.5. The monoisotopic (exact) mass is 286 g/mol. The van der Waals surface area contributed by atoms with Crippen molar-refractivity contribution >= 4 is 44.7 Å². The van der Waals surface area contributed by atoms with Crippen molar-refractivity contribution in [3.63, 3.8) is 0 Å². The highest BCUT2D eigenvalue weighted by Gasteiger charge is 2.12. The summed E-state index contributed by atoms with van der Waals surface area (Å²) in [6.45, 7) is 0. The highest BCUT2D eigenvalue weighted by Crippen LogP contribution is 2.28. The van der Waals surface area contributed by atoms with Crippen molar-refractivity contribution in [2.75, 3.05) is 0 Å². The minimum absolute atomic E-state index is 0.0586. The molecule has 1 heterocycles. The molecule has 0 spiro atoms. The number of aromatic nitrogens is 2. The van der Waals surface area contributed by atoms with Crippen LogP contribution in [0.5, 0.6) is 0 Å². The van der Waals surface area contributed by atoms with Gasteiger partial charge in [-0.15, -0.1) is 0 Å². The molecule has 0 fully saturated rings. The molecule has 0 aliphatic carbocycles. The van der Waals surface area contributed by atoms with Crippen LogP contribution in [0.25, 0.3) is 11.0 Å². The van der Waals surface area contributed by atoms with Gasteiger partial charge in [-0.25, -0.2) is 0 Å². The van der Waals surface area contributed by atoms with Crippen LogP contribution in [0, 0.1) is 0 Å². The van der Waals surface area contributed by atoms with Crippen LogP contribution in [0.4, 0.5) is 0 Å². The topological polar surface area (TPSA) is 63.1 Å². The summed E-state index contributed by atoms with van der Waals surface area (Å²) < 4.78 is 8.18. The molecule has 0 saturated carbocycles. The van der Waals surface area contributed by atoms with E-state index in [9.17, 15) is 4.79 Å². The first-order chi connectivity index (χ1) is 7.16. The number of carbonyl (C=O) groups is 1. The summed E-state index contributed by atoms with van der Waals surface area (Å²) in [6.07, 6.45) is 0.0586. The fraction of sp³-hybridized carbons (Fsp3) is 0.222. The van der Waals surface area contributed by atoms with Gasteiger partial charge in [0.05, 0.1) is 23.0 Å². The Morgan fingerprint density at radius 3 is 2.93 bits per heavy atom. The molecule has 0 radical (unpaired) electrons. The Morgan fingerprint density at radius 1 is 1.47 bits per heavy atom. The molecule has 1 atom stereocenters. The largest absolute Gasteiger partial charge is 0.481 e. The molecule has 0 aliphatic heterocycles. The van der Waals surface area contributed by atoms with E-state index in [2.05, 4.69) is 24.7 Å². The van der Waals surface area contributed by atoms with E-state index in [1.807, 2.05) is 18.2 Å². The van der Waals surface area contributed by atoms with Gasteiger partial charge in [0, 0.05) is 0 Å². The van der Waals surface area contributed by atoms with Gasteiger partial charge in [-0.05, 0) is 17.7 Å². The standard InChI is InChI=1S/C9H7BrN2O2S/c10-6(4-9(13)14)5-1-2-7-8(3-5)12-15-11-7/h1-3,6H,4H2,(H,13,14). The summed E-state index contributed by atoms with van der Waals surface area (Å²) in [6, 6.07) is 5.58. The molecule has 2 aromatic rings. The van der Waals surface area contributed by atoms with Crippen LogP contribution >= 0.6 is 27.7 Å². The molecule has 6 heteroatoms. The van der Waals surface area contributed by atoms with Crippen LogP contribution in [0.2, 0.25) is 0 Å². The fourth-order valence-electron chi connectivity index (χ4n) is 1.27. The zero-order valence-corrected chi connectivity index (χ0v) is 9.96. The summed E-state index contributed by atoms with van der Waals surface area (Å²) in [4.78, 5) is 10.4. The lowest BCUT2D eigenvalue weighted by atomic mass is 10.1. The van der Waals surface area contributed by atoms with Gasteiger partial charge in [0.25, 0.3) is 0 Å². The molecule has 1 unspecified atom stereocenters. The number of alkyl halides is 1. The van der Waals surface area contributed by atoms with E-state index in [1.165, 1.54) is 0 Å². The SMILES string of the molecule is O=C(O)CC(Br)c1ccc2nsnc2c1. The lowest BCUT2D eigenvalue weighted by molar-refractivity contribution is -0.136. The maximum Gasteiger partial charge on any atom is 0.304 e. The molecule has 0 amide bonds. The molecule has 15 heavy (non-hydrogen) atoms. The van der Waals surface area contributed by atoms with Gasteiger partial charge >= 0.3 is 5.97 Å².